The van der Waals surface area contributed by atoms with Gasteiger partial charge in [-0.25, -0.2) is 19.9 Å². The first kappa shape index (κ1) is 27.3. The number of pyridine rings is 1. The van der Waals surface area contributed by atoms with Crippen LogP contribution in [0, 0.1) is 0 Å². The highest BCUT2D eigenvalue weighted by atomic mass is 32.1. The van der Waals surface area contributed by atoms with Crippen LogP contribution in [0.5, 0.6) is 0 Å². The standard InChI is InChI=1S/C42H24N4S2/c1-2-11-25(12-3-1)39-44-40(46-41(45-39)28-21-22-36-33(24-28)29-15-6-8-19-34(29)47-36)27-14-10-13-26(23-27)38-31-17-5-4-16-30(31)37-32-18-7-9-20-35(32)48-42(37)43-38/h1-24H. The van der Waals surface area contributed by atoms with Crippen molar-refractivity contribution >= 4 is 73.9 Å². The van der Waals surface area contributed by atoms with E-state index in [1.165, 1.54) is 41.0 Å². The molecule has 4 nitrogen and oxygen atoms in total. The van der Waals surface area contributed by atoms with Gasteiger partial charge >= 0.3 is 0 Å². The first-order valence-corrected chi connectivity index (χ1v) is 17.4. The maximum atomic E-state index is 5.29. The van der Waals surface area contributed by atoms with Crippen LogP contribution in [0.25, 0.3) is 96.7 Å². The van der Waals surface area contributed by atoms with Crippen molar-refractivity contribution in [2.24, 2.45) is 0 Å². The van der Waals surface area contributed by atoms with Gasteiger partial charge in [0.2, 0.25) is 0 Å². The summed E-state index contributed by atoms with van der Waals surface area (Å²) in [5, 5.41) is 7.28. The van der Waals surface area contributed by atoms with E-state index in [-0.39, 0.29) is 0 Å². The Kier molecular flexibility index (Phi) is 6.19. The minimum atomic E-state index is 0.628. The van der Waals surface area contributed by atoms with Crippen LogP contribution < -0.4 is 0 Å². The average molecular weight is 649 g/mol. The van der Waals surface area contributed by atoms with Crippen molar-refractivity contribution in [3.05, 3.63) is 146 Å². The SMILES string of the molecule is c1ccc(-c2nc(-c3cccc(-c4nc5sc6ccccc6c5c5ccccc45)c3)nc(-c3ccc4sc5ccccc5c4c3)n2)cc1. The Morgan fingerprint density at radius 2 is 0.896 bits per heavy atom. The quantitative estimate of drug-likeness (QED) is 0.191. The Labute approximate surface area is 283 Å². The summed E-state index contributed by atoms with van der Waals surface area (Å²) in [6.45, 7) is 0. The highest BCUT2D eigenvalue weighted by molar-refractivity contribution is 7.26. The molecule has 0 radical (unpaired) electrons. The number of aromatic nitrogens is 4. The fourth-order valence-corrected chi connectivity index (χ4v) is 8.86. The number of benzene rings is 6. The summed E-state index contributed by atoms with van der Waals surface area (Å²) in [6.07, 6.45) is 0. The fraction of sp³-hybridized carbons (Fsp3) is 0. The maximum Gasteiger partial charge on any atom is 0.164 e. The average Bonchev–Trinajstić information content (AvgIpc) is 3.73. The Balaban J connectivity index is 1.16. The van der Waals surface area contributed by atoms with E-state index in [4.69, 9.17) is 19.9 Å². The largest absolute Gasteiger partial charge is 0.236 e. The first-order valence-electron chi connectivity index (χ1n) is 15.8. The predicted molar refractivity (Wildman–Crippen MR) is 203 cm³/mol. The van der Waals surface area contributed by atoms with Crippen molar-refractivity contribution < 1.29 is 0 Å². The third-order valence-electron chi connectivity index (χ3n) is 8.94. The molecule has 10 aromatic rings. The second kappa shape index (κ2) is 10.9. The van der Waals surface area contributed by atoms with Gasteiger partial charge in [-0.05, 0) is 41.8 Å². The lowest BCUT2D eigenvalue weighted by atomic mass is 9.99. The molecule has 0 N–H and O–H groups in total. The van der Waals surface area contributed by atoms with E-state index in [0.29, 0.717) is 17.5 Å². The molecule has 0 unspecified atom stereocenters. The number of thiophene rings is 2. The van der Waals surface area contributed by atoms with E-state index in [1.807, 2.05) is 41.7 Å². The molecular formula is C42H24N4S2. The molecule has 0 aliphatic carbocycles. The van der Waals surface area contributed by atoms with E-state index in [2.05, 4.69) is 115 Å². The van der Waals surface area contributed by atoms with Gasteiger partial charge in [-0.1, -0.05) is 109 Å². The second-order valence-electron chi connectivity index (χ2n) is 11.8. The van der Waals surface area contributed by atoms with Crippen molar-refractivity contribution in [2.75, 3.05) is 0 Å². The van der Waals surface area contributed by atoms with Crippen molar-refractivity contribution in [3.8, 4) is 45.4 Å². The van der Waals surface area contributed by atoms with Crippen LogP contribution in [0.15, 0.2) is 146 Å². The lowest BCUT2D eigenvalue weighted by Crippen LogP contribution is -2.00. The Hall–Kier alpha value is -5.82. The summed E-state index contributed by atoms with van der Waals surface area (Å²) in [5.41, 5.74) is 4.81. The summed E-state index contributed by atoms with van der Waals surface area (Å²) in [5.74, 6) is 1.92. The first-order chi connectivity index (χ1) is 23.8. The molecule has 0 fully saturated rings. The molecule has 0 saturated heterocycles. The number of rotatable bonds is 4. The highest BCUT2D eigenvalue weighted by Gasteiger charge is 2.17. The van der Waals surface area contributed by atoms with Crippen molar-refractivity contribution in [1.82, 2.24) is 19.9 Å². The molecule has 0 spiro atoms. The molecule has 0 saturated carbocycles. The lowest BCUT2D eigenvalue weighted by molar-refractivity contribution is 1.07. The molecule has 6 aromatic carbocycles. The van der Waals surface area contributed by atoms with Crippen molar-refractivity contribution in [1.29, 1.82) is 0 Å². The van der Waals surface area contributed by atoms with Crippen LogP contribution >= 0.6 is 22.7 Å². The second-order valence-corrected chi connectivity index (χ2v) is 14.0. The van der Waals surface area contributed by atoms with Gasteiger partial charge in [0.1, 0.15) is 4.83 Å². The van der Waals surface area contributed by atoms with Crippen LogP contribution in [0.2, 0.25) is 0 Å². The van der Waals surface area contributed by atoms with E-state index >= 15 is 0 Å². The lowest BCUT2D eigenvalue weighted by Gasteiger charge is -2.11. The topological polar surface area (TPSA) is 51.6 Å². The molecule has 48 heavy (non-hydrogen) atoms. The summed E-state index contributed by atoms with van der Waals surface area (Å²) in [7, 11) is 0. The molecule has 6 heteroatoms. The van der Waals surface area contributed by atoms with E-state index in [1.54, 1.807) is 11.3 Å². The monoisotopic (exact) mass is 648 g/mol. The molecule has 0 bridgehead atoms. The van der Waals surface area contributed by atoms with E-state index in [9.17, 15) is 0 Å². The van der Waals surface area contributed by atoms with E-state index < -0.39 is 0 Å². The Bertz CT molecular complexity index is 2850. The van der Waals surface area contributed by atoms with Crippen LogP contribution in [0.3, 0.4) is 0 Å². The van der Waals surface area contributed by atoms with Gasteiger partial charge < -0.3 is 0 Å². The van der Waals surface area contributed by atoms with Gasteiger partial charge in [0.25, 0.3) is 0 Å². The third kappa shape index (κ3) is 4.42. The van der Waals surface area contributed by atoms with Gasteiger partial charge in [0.15, 0.2) is 17.5 Å². The predicted octanol–water partition coefficient (Wildman–Crippen LogP) is 11.8. The maximum absolute atomic E-state index is 5.29. The molecule has 224 valence electrons. The van der Waals surface area contributed by atoms with Crippen LogP contribution in [-0.4, -0.2) is 19.9 Å². The van der Waals surface area contributed by atoms with Gasteiger partial charge in [0, 0.05) is 63.3 Å². The smallest absolute Gasteiger partial charge is 0.164 e. The fourth-order valence-electron chi connectivity index (χ4n) is 6.68. The zero-order chi connectivity index (χ0) is 31.6. The van der Waals surface area contributed by atoms with E-state index in [0.717, 1.165) is 38.2 Å². The number of nitrogens with zero attached hydrogens (tertiary/aromatic N) is 4. The highest BCUT2D eigenvalue weighted by Crippen LogP contribution is 2.41. The summed E-state index contributed by atoms with van der Waals surface area (Å²) < 4.78 is 3.77. The molecule has 0 amide bonds. The van der Waals surface area contributed by atoms with Gasteiger partial charge in [-0.2, -0.15) is 0 Å². The zero-order valence-electron chi connectivity index (χ0n) is 25.5. The Morgan fingerprint density at radius 1 is 0.333 bits per heavy atom. The van der Waals surface area contributed by atoms with Gasteiger partial charge in [-0.3, -0.25) is 0 Å². The summed E-state index contributed by atoms with van der Waals surface area (Å²) >= 11 is 3.55. The Morgan fingerprint density at radius 3 is 1.69 bits per heavy atom. The number of fused-ring (bicyclic) bond motifs is 8. The molecular weight excluding hydrogens is 625 g/mol. The van der Waals surface area contributed by atoms with Crippen molar-refractivity contribution in [2.45, 2.75) is 0 Å². The molecule has 0 aliphatic rings. The zero-order valence-corrected chi connectivity index (χ0v) is 27.1. The summed E-state index contributed by atoms with van der Waals surface area (Å²) in [4.78, 5) is 21.5. The van der Waals surface area contributed by atoms with Crippen LogP contribution in [0.1, 0.15) is 0 Å². The summed E-state index contributed by atoms with van der Waals surface area (Å²) in [6, 6.07) is 50.8. The normalized spacial score (nSPS) is 11.8. The molecule has 0 atom stereocenters. The van der Waals surface area contributed by atoms with Crippen LogP contribution in [0.4, 0.5) is 0 Å². The third-order valence-corrected chi connectivity index (χ3v) is 11.2. The minimum Gasteiger partial charge on any atom is -0.236 e. The molecule has 4 heterocycles. The molecule has 0 aliphatic heterocycles. The van der Waals surface area contributed by atoms with Gasteiger partial charge in [0.05, 0.1) is 5.69 Å². The number of hydrogen-bond acceptors (Lipinski definition) is 6. The minimum absolute atomic E-state index is 0.628. The number of hydrogen-bond donors (Lipinski definition) is 0. The van der Waals surface area contributed by atoms with Gasteiger partial charge in [-0.15, -0.1) is 22.7 Å². The van der Waals surface area contributed by atoms with Crippen molar-refractivity contribution in [3.63, 3.8) is 0 Å². The molecule has 10 rings (SSSR count). The van der Waals surface area contributed by atoms with Crippen LogP contribution in [-0.2, 0) is 0 Å². The molecule has 4 aromatic heterocycles.